The molecule has 1 fully saturated rings. The first-order chi connectivity index (χ1) is 14.0. The van der Waals surface area contributed by atoms with E-state index >= 15 is 0 Å². The number of amides is 1. The highest BCUT2D eigenvalue weighted by atomic mass is 32.2. The Morgan fingerprint density at radius 1 is 1.10 bits per heavy atom. The molecule has 0 atom stereocenters. The molecular weight excluding hydrogens is 388 g/mol. The zero-order chi connectivity index (χ0) is 20.7. The van der Waals surface area contributed by atoms with Crippen molar-refractivity contribution in [3.63, 3.8) is 0 Å². The minimum Gasteiger partial charge on any atom is -0.326 e. The molecule has 0 spiro atoms. The number of benzene rings is 1. The molecule has 1 saturated heterocycles. The summed E-state index contributed by atoms with van der Waals surface area (Å²) in [6.45, 7) is 5.03. The smallest absolute Gasteiger partial charge is 0.240 e. The van der Waals surface area contributed by atoms with Crippen molar-refractivity contribution in [3.05, 3.63) is 54.4 Å². The van der Waals surface area contributed by atoms with Gasteiger partial charge in [-0.3, -0.25) is 14.7 Å². The number of anilines is 1. The van der Waals surface area contributed by atoms with E-state index in [-0.39, 0.29) is 10.8 Å². The minimum atomic E-state index is -3.56. The summed E-state index contributed by atoms with van der Waals surface area (Å²) in [4.78, 5) is 18.1. The Bertz CT molecular complexity index is 893. The number of carbonyl (C=O) groups excluding carboxylic acids is 1. The van der Waals surface area contributed by atoms with E-state index in [2.05, 4.69) is 19.9 Å². The largest absolute Gasteiger partial charge is 0.326 e. The maximum atomic E-state index is 12.6. The van der Waals surface area contributed by atoms with Crippen LogP contribution in [-0.4, -0.2) is 43.8 Å². The SMILES string of the molecule is CCC(=O)Nc1ccc(S(=O)(=O)NCC2CCN(Cc3ccncc3)CC2)cc1. The van der Waals surface area contributed by atoms with Crippen molar-refractivity contribution in [1.82, 2.24) is 14.6 Å². The van der Waals surface area contributed by atoms with Crippen molar-refractivity contribution in [2.45, 2.75) is 37.6 Å². The number of aromatic nitrogens is 1. The Balaban J connectivity index is 1.46. The molecule has 0 radical (unpaired) electrons. The van der Waals surface area contributed by atoms with E-state index < -0.39 is 10.0 Å². The molecule has 2 N–H and O–H groups in total. The zero-order valence-electron chi connectivity index (χ0n) is 16.7. The minimum absolute atomic E-state index is 0.103. The summed E-state index contributed by atoms with van der Waals surface area (Å²) in [5.41, 5.74) is 1.84. The predicted octanol–water partition coefficient (Wildman–Crippen LogP) is 2.62. The van der Waals surface area contributed by atoms with E-state index in [1.807, 2.05) is 12.1 Å². The van der Waals surface area contributed by atoms with Gasteiger partial charge in [0.15, 0.2) is 0 Å². The average Bonchev–Trinajstić information content (AvgIpc) is 2.74. The van der Waals surface area contributed by atoms with E-state index in [1.54, 1.807) is 31.5 Å². The van der Waals surface area contributed by atoms with Gasteiger partial charge in [0, 0.05) is 37.6 Å². The number of hydrogen-bond acceptors (Lipinski definition) is 5. The van der Waals surface area contributed by atoms with Gasteiger partial charge in [0.25, 0.3) is 0 Å². The summed E-state index contributed by atoms with van der Waals surface area (Å²) >= 11 is 0. The molecule has 29 heavy (non-hydrogen) atoms. The van der Waals surface area contributed by atoms with Crippen LogP contribution in [0.2, 0.25) is 0 Å². The molecule has 0 unspecified atom stereocenters. The van der Waals surface area contributed by atoms with E-state index in [0.717, 1.165) is 32.5 Å². The first-order valence-electron chi connectivity index (χ1n) is 9.97. The molecule has 1 amide bonds. The molecule has 0 aliphatic carbocycles. The Morgan fingerprint density at radius 3 is 2.38 bits per heavy atom. The van der Waals surface area contributed by atoms with Gasteiger partial charge < -0.3 is 5.32 Å². The van der Waals surface area contributed by atoms with E-state index in [0.29, 0.717) is 24.6 Å². The molecule has 2 aromatic rings. The fraction of sp³-hybridized carbons (Fsp3) is 0.429. The molecule has 1 aromatic heterocycles. The second-order valence-corrected chi connectivity index (χ2v) is 9.12. The highest BCUT2D eigenvalue weighted by Gasteiger charge is 2.22. The summed E-state index contributed by atoms with van der Waals surface area (Å²) in [5.74, 6) is 0.232. The van der Waals surface area contributed by atoms with Crippen LogP contribution in [-0.2, 0) is 21.4 Å². The molecule has 0 saturated carbocycles. The molecule has 156 valence electrons. The zero-order valence-corrected chi connectivity index (χ0v) is 17.5. The molecule has 2 heterocycles. The third-order valence-electron chi connectivity index (χ3n) is 5.19. The van der Waals surface area contributed by atoms with Crippen LogP contribution in [0.5, 0.6) is 0 Å². The monoisotopic (exact) mass is 416 g/mol. The first-order valence-corrected chi connectivity index (χ1v) is 11.5. The van der Waals surface area contributed by atoms with Crippen LogP contribution in [0.1, 0.15) is 31.7 Å². The van der Waals surface area contributed by atoms with Crippen LogP contribution in [0.15, 0.2) is 53.7 Å². The third kappa shape index (κ3) is 6.35. The topological polar surface area (TPSA) is 91.4 Å². The number of rotatable bonds is 8. The number of likely N-dealkylation sites (tertiary alicyclic amines) is 1. The van der Waals surface area contributed by atoms with Gasteiger partial charge in [-0.2, -0.15) is 0 Å². The van der Waals surface area contributed by atoms with Crippen LogP contribution < -0.4 is 10.0 Å². The third-order valence-corrected chi connectivity index (χ3v) is 6.63. The summed E-state index contributed by atoms with van der Waals surface area (Å²) in [7, 11) is -3.56. The van der Waals surface area contributed by atoms with Gasteiger partial charge >= 0.3 is 0 Å². The van der Waals surface area contributed by atoms with E-state index in [9.17, 15) is 13.2 Å². The van der Waals surface area contributed by atoms with Crippen molar-refractivity contribution < 1.29 is 13.2 Å². The number of sulfonamides is 1. The average molecular weight is 417 g/mol. The fourth-order valence-corrected chi connectivity index (χ4v) is 4.49. The van der Waals surface area contributed by atoms with Crippen LogP contribution in [0.3, 0.4) is 0 Å². The van der Waals surface area contributed by atoms with Gasteiger partial charge in [-0.05, 0) is 73.8 Å². The van der Waals surface area contributed by atoms with Gasteiger partial charge in [-0.25, -0.2) is 13.1 Å². The predicted molar refractivity (Wildman–Crippen MR) is 113 cm³/mol. The molecule has 3 rings (SSSR count). The Kier molecular flexibility index (Phi) is 7.35. The number of hydrogen-bond donors (Lipinski definition) is 2. The van der Waals surface area contributed by atoms with Gasteiger partial charge in [0.1, 0.15) is 0 Å². The van der Waals surface area contributed by atoms with Gasteiger partial charge in [-0.15, -0.1) is 0 Å². The molecule has 1 aliphatic rings. The molecule has 8 heteroatoms. The first kappa shape index (κ1) is 21.4. The maximum Gasteiger partial charge on any atom is 0.240 e. The summed E-state index contributed by atoms with van der Waals surface area (Å²) in [6, 6.07) is 10.3. The van der Waals surface area contributed by atoms with Crippen LogP contribution in [0.25, 0.3) is 0 Å². The van der Waals surface area contributed by atoms with Crippen molar-refractivity contribution in [2.24, 2.45) is 5.92 Å². The molecule has 7 nitrogen and oxygen atoms in total. The standard InChI is InChI=1S/C21H28N4O3S/c1-2-21(26)24-19-3-5-20(6-4-19)29(27,28)23-15-17-9-13-25(14-10-17)16-18-7-11-22-12-8-18/h3-8,11-12,17,23H,2,9-10,13-16H2,1H3,(H,24,26). The quantitative estimate of drug-likeness (QED) is 0.690. The summed E-state index contributed by atoms with van der Waals surface area (Å²) < 4.78 is 27.8. The van der Waals surface area contributed by atoms with Crippen LogP contribution >= 0.6 is 0 Å². The lowest BCUT2D eigenvalue weighted by Crippen LogP contribution is -2.38. The van der Waals surface area contributed by atoms with Gasteiger partial charge in [0.2, 0.25) is 15.9 Å². The summed E-state index contributed by atoms with van der Waals surface area (Å²) in [6.07, 6.45) is 5.93. The van der Waals surface area contributed by atoms with Gasteiger partial charge in [-0.1, -0.05) is 6.92 Å². The van der Waals surface area contributed by atoms with Crippen molar-refractivity contribution in [3.8, 4) is 0 Å². The van der Waals surface area contributed by atoms with Crippen LogP contribution in [0.4, 0.5) is 5.69 Å². The molecular formula is C21H28N4O3S. The highest BCUT2D eigenvalue weighted by Crippen LogP contribution is 2.20. The lowest BCUT2D eigenvalue weighted by molar-refractivity contribution is -0.115. The maximum absolute atomic E-state index is 12.6. The van der Waals surface area contributed by atoms with Crippen molar-refractivity contribution in [1.29, 1.82) is 0 Å². The van der Waals surface area contributed by atoms with E-state index in [1.165, 1.54) is 17.7 Å². The lowest BCUT2D eigenvalue weighted by atomic mass is 9.97. The normalized spacial score (nSPS) is 15.9. The Labute approximate surface area is 172 Å². The molecule has 1 aromatic carbocycles. The fourth-order valence-electron chi connectivity index (χ4n) is 3.37. The van der Waals surface area contributed by atoms with Crippen molar-refractivity contribution >= 4 is 21.6 Å². The Hall–Kier alpha value is -2.29. The second kappa shape index (κ2) is 9.96. The van der Waals surface area contributed by atoms with Crippen molar-refractivity contribution in [2.75, 3.05) is 25.0 Å². The van der Waals surface area contributed by atoms with Gasteiger partial charge in [0.05, 0.1) is 4.90 Å². The number of pyridine rings is 1. The number of nitrogens with zero attached hydrogens (tertiary/aromatic N) is 2. The van der Waals surface area contributed by atoms with E-state index in [4.69, 9.17) is 0 Å². The second-order valence-electron chi connectivity index (χ2n) is 7.35. The lowest BCUT2D eigenvalue weighted by Gasteiger charge is -2.32. The number of carbonyl (C=O) groups is 1. The highest BCUT2D eigenvalue weighted by molar-refractivity contribution is 7.89. The van der Waals surface area contributed by atoms with Crippen LogP contribution in [0, 0.1) is 5.92 Å². The number of nitrogens with one attached hydrogen (secondary N) is 2. The summed E-state index contributed by atoms with van der Waals surface area (Å²) in [5, 5.41) is 2.71. The number of piperidine rings is 1. The molecule has 1 aliphatic heterocycles. The Morgan fingerprint density at radius 2 is 1.76 bits per heavy atom. The molecule has 0 bridgehead atoms.